The Balaban J connectivity index is 1.61. The molecule has 0 fully saturated rings. The highest BCUT2D eigenvalue weighted by atomic mass is 35.5. The van der Waals surface area contributed by atoms with Gasteiger partial charge in [0.1, 0.15) is 29.7 Å². The molecule has 0 saturated carbocycles. The van der Waals surface area contributed by atoms with Gasteiger partial charge in [-0.15, -0.1) is 0 Å². The Morgan fingerprint density at radius 3 is 2.55 bits per heavy atom. The Hall–Kier alpha value is -3.82. The fourth-order valence-electron chi connectivity index (χ4n) is 2.94. The first-order valence-corrected chi connectivity index (χ1v) is 9.76. The van der Waals surface area contributed by atoms with Gasteiger partial charge in [-0.1, -0.05) is 41.9 Å². The quantitative estimate of drug-likeness (QED) is 0.389. The summed E-state index contributed by atoms with van der Waals surface area (Å²) >= 11 is 6.12. The average molecular weight is 435 g/mol. The van der Waals surface area contributed by atoms with Gasteiger partial charge >= 0.3 is 0 Å². The van der Waals surface area contributed by atoms with Crippen molar-refractivity contribution in [2.24, 2.45) is 0 Å². The minimum atomic E-state index is -0.487. The molecule has 0 atom stereocenters. The van der Waals surface area contributed by atoms with Gasteiger partial charge in [0.15, 0.2) is 5.78 Å². The number of hydrogen-bond donors (Lipinski definition) is 1. The van der Waals surface area contributed by atoms with Crippen molar-refractivity contribution in [3.05, 3.63) is 87.6 Å². The second-order valence-electron chi connectivity index (χ2n) is 6.68. The molecule has 1 amide bonds. The first kappa shape index (κ1) is 21.9. The van der Waals surface area contributed by atoms with Crippen LogP contribution in [0.3, 0.4) is 0 Å². The van der Waals surface area contributed by atoms with Gasteiger partial charge in [0.25, 0.3) is 5.91 Å². The lowest BCUT2D eigenvalue weighted by Gasteiger charge is -2.07. The number of halogens is 1. The van der Waals surface area contributed by atoms with E-state index in [9.17, 15) is 14.9 Å². The molecule has 156 valence electrons. The van der Waals surface area contributed by atoms with Crippen molar-refractivity contribution >= 4 is 35.3 Å². The number of carbonyl (C=O) groups excluding carboxylic acids is 2. The molecule has 0 radical (unpaired) electrons. The molecule has 0 unspecified atom stereocenters. The first-order valence-electron chi connectivity index (χ1n) is 9.38. The van der Waals surface area contributed by atoms with Gasteiger partial charge in [-0.3, -0.25) is 14.9 Å². The van der Waals surface area contributed by atoms with Crippen LogP contribution in [0.2, 0.25) is 5.02 Å². The zero-order valence-electron chi connectivity index (χ0n) is 16.9. The standard InChI is InChI=1S/C24H19ClN2O4/c1-15(28)23-16(2)31-24(20(23)13-26)27-22(29)12-9-17-7-10-19(11-8-17)30-14-18-5-3-4-6-21(18)25/h3-12H,14H2,1-2H3,(H,27,29)/b12-9+. The Morgan fingerprint density at radius 1 is 1.19 bits per heavy atom. The highest BCUT2D eigenvalue weighted by Gasteiger charge is 2.21. The summed E-state index contributed by atoms with van der Waals surface area (Å²) < 4.78 is 11.1. The van der Waals surface area contributed by atoms with Crippen molar-refractivity contribution in [3.8, 4) is 11.8 Å². The topological polar surface area (TPSA) is 92.3 Å². The highest BCUT2D eigenvalue weighted by Crippen LogP contribution is 2.27. The maximum Gasteiger partial charge on any atom is 0.250 e. The lowest BCUT2D eigenvalue weighted by atomic mass is 10.1. The second kappa shape index (κ2) is 9.79. The number of anilines is 1. The van der Waals surface area contributed by atoms with Crippen LogP contribution in [0.15, 0.2) is 59.0 Å². The molecule has 0 aliphatic heterocycles. The largest absolute Gasteiger partial charge is 0.489 e. The van der Waals surface area contributed by atoms with Gasteiger partial charge < -0.3 is 9.15 Å². The van der Waals surface area contributed by atoms with Crippen LogP contribution in [-0.2, 0) is 11.4 Å². The van der Waals surface area contributed by atoms with E-state index in [1.807, 2.05) is 30.3 Å². The molecule has 1 aromatic heterocycles. The third kappa shape index (κ3) is 5.41. The number of nitrogens with zero attached hydrogens (tertiary/aromatic N) is 1. The van der Waals surface area contributed by atoms with Gasteiger partial charge in [-0.2, -0.15) is 5.26 Å². The SMILES string of the molecule is CC(=O)c1c(C)oc(NC(=O)/C=C/c2ccc(OCc3ccccc3Cl)cc2)c1C#N. The van der Waals surface area contributed by atoms with Crippen LogP contribution in [-0.4, -0.2) is 11.7 Å². The number of aryl methyl sites for hydroxylation is 1. The number of nitriles is 1. The van der Waals surface area contributed by atoms with E-state index in [2.05, 4.69) is 5.32 Å². The van der Waals surface area contributed by atoms with E-state index < -0.39 is 5.91 Å². The molecule has 0 aliphatic carbocycles. The number of ether oxygens (including phenoxy) is 1. The number of carbonyl (C=O) groups is 2. The van der Waals surface area contributed by atoms with Crippen LogP contribution in [0.1, 0.15) is 39.7 Å². The summed E-state index contributed by atoms with van der Waals surface area (Å²) in [7, 11) is 0. The average Bonchev–Trinajstić information content (AvgIpc) is 3.07. The summed E-state index contributed by atoms with van der Waals surface area (Å²) in [5.41, 5.74) is 1.87. The Labute approximate surface area is 184 Å². The lowest BCUT2D eigenvalue weighted by Crippen LogP contribution is -2.08. The molecule has 7 heteroatoms. The second-order valence-corrected chi connectivity index (χ2v) is 7.08. The maximum atomic E-state index is 12.2. The summed E-state index contributed by atoms with van der Waals surface area (Å²) in [6.45, 7) is 3.26. The minimum Gasteiger partial charge on any atom is -0.489 e. The van der Waals surface area contributed by atoms with Crippen molar-refractivity contribution in [2.75, 3.05) is 5.32 Å². The van der Waals surface area contributed by atoms with Gasteiger partial charge in [0, 0.05) is 16.7 Å². The Kier molecular flexibility index (Phi) is 6.91. The third-order valence-electron chi connectivity index (χ3n) is 4.44. The third-order valence-corrected chi connectivity index (χ3v) is 4.81. The predicted octanol–water partition coefficient (Wildman–Crippen LogP) is 5.55. The molecule has 6 nitrogen and oxygen atoms in total. The summed E-state index contributed by atoms with van der Waals surface area (Å²) in [6.07, 6.45) is 2.92. The number of Topliss-reactive ketones (excluding diaryl/α,β-unsaturated/α-hetero) is 1. The summed E-state index contributed by atoms with van der Waals surface area (Å²) in [5.74, 6) is 0.131. The Bertz CT molecular complexity index is 1190. The normalized spacial score (nSPS) is 10.6. The number of furan rings is 1. The number of ketones is 1. The van der Waals surface area contributed by atoms with Crippen molar-refractivity contribution < 1.29 is 18.7 Å². The molecule has 1 N–H and O–H groups in total. The number of hydrogen-bond acceptors (Lipinski definition) is 5. The summed E-state index contributed by atoms with van der Waals surface area (Å²) in [6, 6.07) is 16.6. The number of amides is 1. The molecule has 0 bridgehead atoms. The maximum absolute atomic E-state index is 12.2. The summed E-state index contributed by atoms with van der Waals surface area (Å²) in [4.78, 5) is 23.9. The van der Waals surface area contributed by atoms with E-state index in [0.717, 1.165) is 11.1 Å². The number of nitrogens with one attached hydrogen (secondary N) is 1. The molecule has 1 heterocycles. The van der Waals surface area contributed by atoms with Crippen LogP contribution in [0.4, 0.5) is 5.88 Å². The van der Waals surface area contributed by atoms with E-state index in [-0.39, 0.29) is 28.6 Å². The molecule has 3 rings (SSSR count). The van der Waals surface area contributed by atoms with Crippen molar-refractivity contribution in [1.29, 1.82) is 5.26 Å². The van der Waals surface area contributed by atoms with E-state index in [4.69, 9.17) is 20.8 Å². The van der Waals surface area contributed by atoms with Crippen molar-refractivity contribution in [1.82, 2.24) is 0 Å². The molecule has 31 heavy (non-hydrogen) atoms. The van der Waals surface area contributed by atoms with E-state index >= 15 is 0 Å². The van der Waals surface area contributed by atoms with Crippen LogP contribution < -0.4 is 10.1 Å². The first-order chi connectivity index (χ1) is 14.9. The number of benzene rings is 2. The molecule has 2 aromatic carbocycles. The molecular formula is C24H19ClN2O4. The fraction of sp³-hybridized carbons (Fsp3) is 0.125. The Morgan fingerprint density at radius 2 is 1.90 bits per heavy atom. The van der Waals surface area contributed by atoms with Gasteiger partial charge in [0.05, 0.1) is 5.56 Å². The molecular weight excluding hydrogens is 416 g/mol. The lowest BCUT2D eigenvalue weighted by molar-refractivity contribution is -0.111. The zero-order chi connectivity index (χ0) is 22.4. The van der Waals surface area contributed by atoms with E-state index in [1.165, 1.54) is 13.0 Å². The van der Waals surface area contributed by atoms with Crippen LogP contribution >= 0.6 is 11.6 Å². The van der Waals surface area contributed by atoms with Gasteiger partial charge in [-0.05, 0) is 43.7 Å². The van der Waals surface area contributed by atoms with E-state index in [0.29, 0.717) is 17.4 Å². The van der Waals surface area contributed by atoms with Crippen LogP contribution in [0, 0.1) is 18.3 Å². The number of rotatable bonds is 7. The predicted molar refractivity (Wildman–Crippen MR) is 118 cm³/mol. The molecule has 3 aromatic rings. The monoisotopic (exact) mass is 434 g/mol. The van der Waals surface area contributed by atoms with Crippen molar-refractivity contribution in [2.45, 2.75) is 20.5 Å². The van der Waals surface area contributed by atoms with E-state index in [1.54, 1.807) is 37.3 Å². The van der Waals surface area contributed by atoms with Gasteiger partial charge in [0.2, 0.25) is 5.88 Å². The summed E-state index contributed by atoms with van der Waals surface area (Å²) in [5, 5.41) is 12.4. The molecule has 0 spiro atoms. The molecule has 0 saturated heterocycles. The smallest absolute Gasteiger partial charge is 0.250 e. The van der Waals surface area contributed by atoms with Crippen LogP contribution in [0.5, 0.6) is 5.75 Å². The van der Waals surface area contributed by atoms with Crippen molar-refractivity contribution in [3.63, 3.8) is 0 Å². The van der Waals surface area contributed by atoms with Crippen LogP contribution in [0.25, 0.3) is 6.08 Å². The zero-order valence-corrected chi connectivity index (χ0v) is 17.7. The van der Waals surface area contributed by atoms with Gasteiger partial charge in [-0.25, -0.2) is 0 Å². The molecule has 0 aliphatic rings. The highest BCUT2D eigenvalue weighted by molar-refractivity contribution is 6.31. The minimum absolute atomic E-state index is 0.0202. The fourth-order valence-corrected chi connectivity index (χ4v) is 3.13.